The number of rotatable bonds is 6. The maximum atomic E-state index is 11.7. The van der Waals surface area contributed by atoms with Gasteiger partial charge in [0.2, 0.25) is 0 Å². The molecule has 16 heavy (non-hydrogen) atoms. The second kappa shape index (κ2) is 6.21. The number of Topliss-reactive ketones (excluding diaryl/α,β-unsaturated/α-hetero) is 2. The highest BCUT2D eigenvalue weighted by Gasteiger charge is 2.08. The van der Waals surface area contributed by atoms with Gasteiger partial charge in [0.05, 0.1) is 0 Å². The number of aryl methyl sites for hydroxylation is 1. The Morgan fingerprint density at radius 3 is 2.19 bits per heavy atom. The van der Waals surface area contributed by atoms with Crippen LogP contribution in [0.15, 0.2) is 24.3 Å². The average molecular weight is 218 g/mol. The SMILES string of the molecule is CCCC(=O)CCC(=O)c1ccc(C)cc1. The third-order valence-corrected chi connectivity index (χ3v) is 2.53. The molecule has 0 N–H and O–H groups in total. The van der Waals surface area contributed by atoms with Gasteiger partial charge in [0, 0.05) is 24.8 Å². The third-order valence-electron chi connectivity index (χ3n) is 2.53. The summed E-state index contributed by atoms with van der Waals surface area (Å²) in [5.74, 6) is 0.243. The van der Waals surface area contributed by atoms with Crippen molar-refractivity contribution < 1.29 is 9.59 Å². The smallest absolute Gasteiger partial charge is 0.163 e. The van der Waals surface area contributed by atoms with Crippen LogP contribution in [0.2, 0.25) is 0 Å². The van der Waals surface area contributed by atoms with Crippen molar-refractivity contribution >= 4 is 11.6 Å². The molecule has 0 bridgehead atoms. The third kappa shape index (κ3) is 3.97. The predicted octanol–water partition coefficient (Wildman–Crippen LogP) is 3.33. The summed E-state index contributed by atoms with van der Waals surface area (Å²) < 4.78 is 0. The molecule has 0 saturated carbocycles. The van der Waals surface area contributed by atoms with Gasteiger partial charge >= 0.3 is 0 Å². The number of hydrogen-bond donors (Lipinski definition) is 0. The Hall–Kier alpha value is -1.44. The largest absolute Gasteiger partial charge is 0.300 e. The molecule has 0 heterocycles. The topological polar surface area (TPSA) is 34.1 Å². The zero-order chi connectivity index (χ0) is 12.0. The monoisotopic (exact) mass is 218 g/mol. The Labute approximate surface area is 96.7 Å². The van der Waals surface area contributed by atoms with Gasteiger partial charge in [-0.15, -0.1) is 0 Å². The van der Waals surface area contributed by atoms with Crippen molar-refractivity contribution in [1.82, 2.24) is 0 Å². The molecule has 1 rings (SSSR count). The minimum Gasteiger partial charge on any atom is -0.300 e. The summed E-state index contributed by atoms with van der Waals surface area (Å²) in [6, 6.07) is 7.48. The summed E-state index contributed by atoms with van der Waals surface area (Å²) in [4.78, 5) is 23.0. The molecule has 0 amide bonds. The summed E-state index contributed by atoms with van der Waals surface area (Å²) >= 11 is 0. The van der Waals surface area contributed by atoms with Gasteiger partial charge < -0.3 is 0 Å². The number of carbonyl (C=O) groups is 2. The first kappa shape index (κ1) is 12.6. The molecule has 0 aliphatic heterocycles. The standard InChI is InChI=1S/C14H18O2/c1-3-4-13(15)9-10-14(16)12-7-5-11(2)6-8-12/h5-8H,3-4,9-10H2,1-2H3. The quantitative estimate of drug-likeness (QED) is 0.686. The lowest BCUT2D eigenvalue weighted by molar-refractivity contribution is -0.119. The molecule has 1 aromatic rings. The second-order valence-corrected chi connectivity index (χ2v) is 4.08. The summed E-state index contributed by atoms with van der Waals surface area (Å²) in [5, 5.41) is 0. The van der Waals surface area contributed by atoms with Crippen molar-refractivity contribution in [3.63, 3.8) is 0 Å². The lowest BCUT2D eigenvalue weighted by atomic mass is 10.0. The van der Waals surface area contributed by atoms with Crippen molar-refractivity contribution in [3.8, 4) is 0 Å². The zero-order valence-electron chi connectivity index (χ0n) is 9.95. The molecule has 0 atom stereocenters. The van der Waals surface area contributed by atoms with Gasteiger partial charge in [0.15, 0.2) is 5.78 Å². The van der Waals surface area contributed by atoms with E-state index in [4.69, 9.17) is 0 Å². The van der Waals surface area contributed by atoms with Crippen LogP contribution in [0.3, 0.4) is 0 Å². The molecule has 0 saturated heterocycles. The number of carbonyl (C=O) groups excluding carboxylic acids is 2. The van der Waals surface area contributed by atoms with E-state index in [-0.39, 0.29) is 11.6 Å². The Kier molecular flexibility index (Phi) is 4.90. The summed E-state index contributed by atoms with van der Waals surface area (Å²) in [5.41, 5.74) is 1.84. The molecule has 0 aliphatic rings. The second-order valence-electron chi connectivity index (χ2n) is 4.08. The fraction of sp³-hybridized carbons (Fsp3) is 0.429. The van der Waals surface area contributed by atoms with E-state index in [0.29, 0.717) is 24.8 Å². The van der Waals surface area contributed by atoms with Crippen LogP contribution < -0.4 is 0 Å². The van der Waals surface area contributed by atoms with Crippen LogP contribution in [0.4, 0.5) is 0 Å². The van der Waals surface area contributed by atoms with Crippen molar-refractivity contribution in [1.29, 1.82) is 0 Å². The average Bonchev–Trinajstić information content (AvgIpc) is 2.27. The van der Waals surface area contributed by atoms with Crippen molar-refractivity contribution in [2.45, 2.75) is 39.5 Å². The lowest BCUT2D eigenvalue weighted by Gasteiger charge is -2.01. The van der Waals surface area contributed by atoms with E-state index >= 15 is 0 Å². The highest BCUT2D eigenvalue weighted by molar-refractivity contribution is 5.98. The summed E-state index contributed by atoms with van der Waals surface area (Å²) in [6.07, 6.45) is 2.15. The van der Waals surface area contributed by atoms with E-state index in [2.05, 4.69) is 0 Å². The first-order valence-electron chi connectivity index (χ1n) is 5.75. The zero-order valence-corrected chi connectivity index (χ0v) is 9.95. The molecule has 2 nitrogen and oxygen atoms in total. The van der Waals surface area contributed by atoms with Gasteiger partial charge in [0.25, 0.3) is 0 Å². The highest BCUT2D eigenvalue weighted by atomic mass is 16.1. The van der Waals surface area contributed by atoms with E-state index < -0.39 is 0 Å². The van der Waals surface area contributed by atoms with Crippen molar-refractivity contribution in [3.05, 3.63) is 35.4 Å². The molecular formula is C14H18O2. The molecule has 0 unspecified atom stereocenters. The Bertz CT molecular complexity index is 363. The molecule has 86 valence electrons. The Balaban J connectivity index is 2.47. The van der Waals surface area contributed by atoms with E-state index in [1.54, 1.807) is 0 Å². The molecule has 2 heteroatoms. The van der Waals surface area contributed by atoms with Gasteiger partial charge in [-0.05, 0) is 13.3 Å². The number of hydrogen-bond acceptors (Lipinski definition) is 2. The van der Waals surface area contributed by atoms with Crippen LogP contribution in [0.25, 0.3) is 0 Å². The fourth-order valence-electron chi connectivity index (χ4n) is 1.54. The van der Waals surface area contributed by atoms with Crippen LogP contribution in [0, 0.1) is 6.92 Å². The van der Waals surface area contributed by atoms with Crippen LogP contribution in [0.5, 0.6) is 0 Å². The summed E-state index contributed by atoms with van der Waals surface area (Å²) in [6.45, 7) is 3.96. The van der Waals surface area contributed by atoms with Gasteiger partial charge in [0.1, 0.15) is 5.78 Å². The molecule has 0 fully saturated rings. The predicted molar refractivity (Wildman–Crippen MR) is 64.7 cm³/mol. The van der Waals surface area contributed by atoms with Gasteiger partial charge in [-0.3, -0.25) is 9.59 Å². The van der Waals surface area contributed by atoms with Gasteiger partial charge in [-0.2, -0.15) is 0 Å². The number of ketones is 2. The maximum Gasteiger partial charge on any atom is 0.163 e. The molecule has 1 aromatic carbocycles. The molecule has 0 aliphatic carbocycles. The van der Waals surface area contributed by atoms with Gasteiger partial charge in [-0.1, -0.05) is 36.8 Å². The Morgan fingerprint density at radius 2 is 1.62 bits per heavy atom. The minimum absolute atomic E-state index is 0.0597. The lowest BCUT2D eigenvalue weighted by Crippen LogP contribution is -2.04. The first-order chi connectivity index (χ1) is 7.63. The molecule has 0 radical (unpaired) electrons. The minimum atomic E-state index is 0.0597. The highest BCUT2D eigenvalue weighted by Crippen LogP contribution is 2.08. The first-order valence-corrected chi connectivity index (χ1v) is 5.75. The number of benzene rings is 1. The normalized spacial score (nSPS) is 10.1. The Morgan fingerprint density at radius 1 is 1.00 bits per heavy atom. The molecular weight excluding hydrogens is 200 g/mol. The van der Waals surface area contributed by atoms with Crippen molar-refractivity contribution in [2.75, 3.05) is 0 Å². The van der Waals surface area contributed by atoms with Crippen LogP contribution in [-0.2, 0) is 4.79 Å². The van der Waals surface area contributed by atoms with Crippen LogP contribution >= 0.6 is 0 Å². The summed E-state index contributed by atoms with van der Waals surface area (Å²) in [7, 11) is 0. The molecule has 0 spiro atoms. The van der Waals surface area contributed by atoms with E-state index in [0.717, 1.165) is 12.0 Å². The fourth-order valence-corrected chi connectivity index (χ4v) is 1.54. The van der Waals surface area contributed by atoms with Crippen LogP contribution in [0.1, 0.15) is 48.5 Å². The van der Waals surface area contributed by atoms with Crippen LogP contribution in [-0.4, -0.2) is 11.6 Å². The van der Waals surface area contributed by atoms with Gasteiger partial charge in [-0.25, -0.2) is 0 Å². The van der Waals surface area contributed by atoms with E-state index in [1.165, 1.54) is 0 Å². The maximum absolute atomic E-state index is 11.7. The van der Waals surface area contributed by atoms with E-state index in [1.807, 2.05) is 38.1 Å². The van der Waals surface area contributed by atoms with Crippen molar-refractivity contribution in [2.24, 2.45) is 0 Å². The van der Waals surface area contributed by atoms with E-state index in [9.17, 15) is 9.59 Å². The molecule has 0 aromatic heterocycles.